The van der Waals surface area contributed by atoms with Gasteiger partial charge in [-0.15, -0.1) is 0 Å². The maximum absolute atomic E-state index is 12.6. The average molecular weight is 401 g/mol. The summed E-state index contributed by atoms with van der Waals surface area (Å²) < 4.78 is 48.9. The largest absolute Gasteiger partial charge is 0.300 e. The van der Waals surface area contributed by atoms with Crippen molar-refractivity contribution >= 4 is 43.1 Å². The average Bonchev–Trinajstić information content (AvgIpc) is 2.47. The van der Waals surface area contributed by atoms with E-state index in [-0.39, 0.29) is 15.7 Å². The molecule has 1 aromatic carbocycles. The Morgan fingerprint density at radius 1 is 1.00 bits per heavy atom. The van der Waals surface area contributed by atoms with E-state index in [0.29, 0.717) is 37.7 Å². The van der Waals surface area contributed by atoms with Crippen molar-refractivity contribution in [3.63, 3.8) is 0 Å². The summed E-state index contributed by atoms with van der Waals surface area (Å²) in [6, 6.07) is 4.23. The highest BCUT2D eigenvalue weighted by atomic mass is 35.5. The Morgan fingerprint density at radius 3 is 2.13 bits per heavy atom. The predicted octanol–water partition coefficient (Wildman–Crippen LogP) is 1.34. The Morgan fingerprint density at radius 2 is 1.61 bits per heavy atom. The Balaban J connectivity index is 2.02. The number of hydrogen-bond acceptors (Lipinski definition) is 5. The van der Waals surface area contributed by atoms with Gasteiger partial charge in [0.2, 0.25) is 10.0 Å². The second kappa shape index (κ2) is 7.25. The van der Waals surface area contributed by atoms with Gasteiger partial charge in [0.15, 0.2) is 0 Å². The van der Waals surface area contributed by atoms with Crippen molar-refractivity contribution < 1.29 is 16.8 Å². The number of sulfone groups is 1. The minimum absolute atomic E-state index is 0.0759. The Bertz CT molecular complexity index is 773. The smallest absolute Gasteiger partial charge is 0.243 e. The van der Waals surface area contributed by atoms with E-state index in [2.05, 4.69) is 0 Å². The van der Waals surface area contributed by atoms with E-state index in [1.165, 1.54) is 28.8 Å². The molecule has 0 bridgehead atoms. The van der Waals surface area contributed by atoms with E-state index in [1.54, 1.807) is 0 Å². The second-order valence-corrected chi connectivity index (χ2v) is 10.5. The van der Waals surface area contributed by atoms with Crippen molar-refractivity contribution in [2.24, 2.45) is 0 Å². The van der Waals surface area contributed by atoms with Crippen LogP contribution in [0.2, 0.25) is 10.0 Å². The molecule has 0 aromatic heterocycles. The predicted molar refractivity (Wildman–Crippen MR) is 91.4 cm³/mol. The molecule has 23 heavy (non-hydrogen) atoms. The lowest BCUT2D eigenvalue weighted by molar-refractivity contribution is 0.197. The molecule has 0 aliphatic carbocycles. The van der Waals surface area contributed by atoms with Gasteiger partial charge in [0.05, 0.1) is 20.7 Å². The molecule has 0 saturated carbocycles. The van der Waals surface area contributed by atoms with Crippen LogP contribution in [0.5, 0.6) is 0 Å². The summed E-state index contributed by atoms with van der Waals surface area (Å²) in [5, 5.41) is 0.496. The maximum atomic E-state index is 12.6. The fourth-order valence-electron chi connectivity index (χ4n) is 2.27. The molecule has 0 unspecified atom stereocenters. The molecule has 2 rings (SSSR count). The number of nitrogens with zero attached hydrogens (tertiary/aromatic N) is 2. The van der Waals surface area contributed by atoms with Crippen LogP contribution in [0.1, 0.15) is 0 Å². The number of hydrogen-bond donors (Lipinski definition) is 0. The third kappa shape index (κ3) is 5.04. The molecule has 1 aromatic rings. The quantitative estimate of drug-likeness (QED) is 0.745. The van der Waals surface area contributed by atoms with Gasteiger partial charge >= 0.3 is 0 Å². The third-order valence-corrected chi connectivity index (χ3v) is 7.20. The molecule has 0 radical (unpaired) electrons. The molecule has 1 heterocycles. The van der Waals surface area contributed by atoms with Crippen LogP contribution in [0.3, 0.4) is 0 Å². The lowest BCUT2D eigenvalue weighted by Crippen LogP contribution is -2.49. The Hall–Kier alpha value is -0.380. The molecule has 6 nitrogen and oxygen atoms in total. The van der Waals surface area contributed by atoms with Gasteiger partial charge in [-0.25, -0.2) is 16.8 Å². The highest BCUT2D eigenvalue weighted by Crippen LogP contribution is 2.26. The van der Waals surface area contributed by atoms with Crippen molar-refractivity contribution in [2.75, 3.05) is 44.7 Å². The SMILES string of the molecule is CS(=O)(=O)CCN1CCN(S(=O)(=O)c2ccc(Cl)c(Cl)c2)CC1. The van der Waals surface area contributed by atoms with Gasteiger partial charge in [-0.1, -0.05) is 23.2 Å². The third-order valence-electron chi connectivity index (χ3n) is 3.64. The number of halogens is 2. The molecule has 0 N–H and O–H groups in total. The molecule has 0 atom stereocenters. The van der Waals surface area contributed by atoms with Crippen molar-refractivity contribution in [1.82, 2.24) is 9.21 Å². The standard InChI is InChI=1S/C13H18Cl2N2O4S2/c1-22(18,19)9-8-16-4-6-17(7-5-16)23(20,21)11-2-3-12(14)13(15)10-11/h2-3,10H,4-9H2,1H3. The van der Waals surface area contributed by atoms with Gasteiger partial charge in [-0.05, 0) is 18.2 Å². The monoisotopic (exact) mass is 400 g/mol. The second-order valence-electron chi connectivity index (χ2n) is 5.45. The van der Waals surface area contributed by atoms with E-state index >= 15 is 0 Å². The first kappa shape index (κ1) is 19.0. The molecular weight excluding hydrogens is 383 g/mol. The van der Waals surface area contributed by atoms with Crippen LogP contribution in [0.4, 0.5) is 0 Å². The highest BCUT2D eigenvalue weighted by Gasteiger charge is 2.29. The van der Waals surface area contributed by atoms with Gasteiger partial charge in [0.1, 0.15) is 9.84 Å². The first-order chi connectivity index (χ1) is 10.6. The first-order valence-electron chi connectivity index (χ1n) is 6.95. The van der Waals surface area contributed by atoms with Crippen LogP contribution in [-0.2, 0) is 19.9 Å². The summed E-state index contributed by atoms with van der Waals surface area (Å²) in [5.41, 5.74) is 0. The van der Waals surface area contributed by atoms with E-state index in [9.17, 15) is 16.8 Å². The number of rotatable bonds is 5. The van der Waals surface area contributed by atoms with E-state index in [4.69, 9.17) is 23.2 Å². The lowest BCUT2D eigenvalue weighted by Gasteiger charge is -2.33. The summed E-state index contributed by atoms with van der Waals surface area (Å²) in [6.45, 7) is 2.03. The van der Waals surface area contributed by atoms with Gasteiger partial charge < -0.3 is 0 Å². The minimum atomic E-state index is -3.62. The van der Waals surface area contributed by atoms with Gasteiger partial charge in [-0.3, -0.25) is 4.90 Å². The molecule has 0 amide bonds. The molecule has 1 aliphatic heterocycles. The first-order valence-corrected chi connectivity index (χ1v) is 11.2. The molecular formula is C13H18Cl2N2O4S2. The minimum Gasteiger partial charge on any atom is -0.300 e. The van der Waals surface area contributed by atoms with Crippen molar-refractivity contribution in [3.05, 3.63) is 28.2 Å². The van der Waals surface area contributed by atoms with Crippen LogP contribution < -0.4 is 0 Å². The van der Waals surface area contributed by atoms with Crippen molar-refractivity contribution in [2.45, 2.75) is 4.90 Å². The van der Waals surface area contributed by atoms with Crippen LogP contribution >= 0.6 is 23.2 Å². The van der Waals surface area contributed by atoms with Crippen LogP contribution in [0, 0.1) is 0 Å². The highest BCUT2D eigenvalue weighted by molar-refractivity contribution is 7.90. The fourth-order valence-corrected chi connectivity index (χ4v) is 4.68. The van der Waals surface area contributed by atoms with Crippen LogP contribution in [-0.4, -0.2) is 70.8 Å². The summed E-state index contributed by atoms with van der Waals surface area (Å²) >= 11 is 11.7. The van der Waals surface area contributed by atoms with E-state index in [0.717, 1.165) is 0 Å². The summed E-state index contributed by atoms with van der Waals surface area (Å²) in [6.07, 6.45) is 1.19. The number of sulfonamides is 1. The molecule has 1 fully saturated rings. The summed E-state index contributed by atoms with van der Waals surface area (Å²) in [4.78, 5) is 2.05. The zero-order valence-corrected chi connectivity index (χ0v) is 15.7. The zero-order valence-electron chi connectivity index (χ0n) is 12.6. The molecule has 0 spiro atoms. The topological polar surface area (TPSA) is 74.8 Å². The fraction of sp³-hybridized carbons (Fsp3) is 0.538. The van der Waals surface area contributed by atoms with E-state index in [1.807, 2.05) is 4.90 Å². The zero-order chi connectivity index (χ0) is 17.3. The normalized spacial score (nSPS) is 18.2. The number of benzene rings is 1. The van der Waals surface area contributed by atoms with Crippen molar-refractivity contribution in [1.29, 1.82) is 0 Å². The lowest BCUT2D eigenvalue weighted by atomic mass is 10.4. The van der Waals surface area contributed by atoms with Gasteiger partial charge in [-0.2, -0.15) is 4.31 Å². The summed E-state index contributed by atoms with van der Waals surface area (Å²) in [7, 11) is -6.64. The number of piperazine rings is 1. The van der Waals surface area contributed by atoms with Crippen LogP contribution in [0.15, 0.2) is 23.1 Å². The van der Waals surface area contributed by atoms with Crippen LogP contribution in [0.25, 0.3) is 0 Å². The Kier molecular flexibility index (Phi) is 5.97. The summed E-state index contributed by atoms with van der Waals surface area (Å²) in [5.74, 6) is 0.0759. The Labute approximate surface area is 146 Å². The maximum Gasteiger partial charge on any atom is 0.243 e. The molecule has 130 valence electrons. The molecule has 1 saturated heterocycles. The molecule has 10 heteroatoms. The van der Waals surface area contributed by atoms with E-state index < -0.39 is 19.9 Å². The van der Waals surface area contributed by atoms with Gasteiger partial charge in [0.25, 0.3) is 0 Å². The molecule has 1 aliphatic rings. The van der Waals surface area contributed by atoms with Gasteiger partial charge in [0, 0.05) is 39.0 Å². The van der Waals surface area contributed by atoms with Crippen molar-refractivity contribution in [3.8, 4) is 0 Å².